The normalized spacial score (nSPS) is 17.1. The van der Waals surface area contributed by atoms with Crippen LogP contribution in [0, 0.1) is 5.82 Å². The van der Waals surface area contributed by atoms with Gasteiger partial charge in [-0.05, 0) is 57.6 Å². The number of halogens is 1. The van der Waals surface area contributed by atoms with Crippen LogP contribution in [0.1, 0.15) is 37.7 Å². The van der Waals surface area contributed by atoms with Gasteiger partial charge < -0.3 is 10.2 Å². The third kappa shape index (κ3) is 3.82. The van der Waals surface area contributed by atoms with E-state index in [0.717, 1.165) is 44.2 Å². The van der Waals surface area contributed by atoms with Gasteiger partial charge in [0.1, 0.15) is 5.82 Å². The number of benzene rings is 1. The van der Waals surface area contributed by atoms with Crippen molar-refractivity contribution in [3.05, 3.63) is 35.6 Å². The maximum Gasteiger partial charge on any atom is 0.230 e. The topological polar surface area (TPSA) is 32.3 Å². The van der Waals surface area contributed by atoms with Crippen LogP contribution in [0.2, 0.25) is 0 Å². The first kappa shape index (κ1) is 16.0. The van der Waals surface area contributed by atoms with E-state index < -0.39 is 5.41 Å². The smallest absolute Gasteiger partial charge is 0.230 e. The molecule has 1 aliphatic rings. The van der Waals surface area contributed by atoms with Gasteiger partial charge in [-0.1, -0.05) is 25.0 Å². The van der Waals surface area contributed by atoms with Gasteiger partial charge in [0.2, 0.25) is 5.91 Å². The number of carbonyl (C=O) groups is 1. The van der Waals surface area contributed by atoms with Crippen molar-refractivity contribution in [2.24, 2.45) is 0 Å². The number of hydrogen-bond acceptors (Lipinski definition) is 2. The van der Waals surface area contributed by atoms with Crippen LogP contribution < -0.4 is 5.32 Å². The highest BCUT2D eigenvalue weighted by atomic mass is 19.1. The number of hydrogen-bond donors (Lipinski definition) is 1. The zero-order valence-electron chi connectivity index (χ0n) is 13.0. The van der Waals surface area contributed by atoms with Crippen molar-refractivity contribution in [2.75, 3.05) is 27.2 Å². The Hall–Kier alpha value is -1.42. The van der Waals surface area contributed by atoms with Crippen LogP contribution in [-0.2, 0) is 10.2 Å². The Kier molecular flexibility index (Phi) is 5.34. The summed E-state index contributed by atoms with van der Waals surface area (Å²) in [7, 11) is 4.05. The molecule has 0 unspecified atom stereocenters. The minimum absolute atomic E-state index is 0.102. The minimum atomic E-state index is -0.453. The highest BCUT2D eigenvalue weighted by Crippen LogP contribution is 2.41. The third-order valence-corrected chi connectivity index (χ3v) is 4.36. The molecule has 0 radical (unpaired) electrons. The molecule has 1 aromatic carbocycles. The summed E-state index contributed by atoms with van der Waals surface area (Å²) in [5, 5.41) is 3.07. The number of amides is 1. The molecule has 3 nitrogen and oxygen atoms in total. The molecular weight excluding hydrogens is 267 g/mol. The predicted octanol–water partition coefficient (Wildman–Crippen LogP) is 2.71. The van der Waals surface area contributed by atoms with Crippen molar-refractivity contribution in [3.8, 4) is 0 Å². The zero-order chi connectivity index (χ0) is 15.3. The molecule has 0 aliphatic heterocycles. The van der Waals surface area contributed by atoms with E-state index in [4.69, 9.17) is 0 Å². The number of carbonyl (C=O) groups excluding carboxylic acids is 1. The van der Waals surface area contributed by atoms with Gasteiger partial charge in [0.05, 0.1) is 5.41 Å². The molecular formula is C17H25FN2O. The first-order valence-electron chi connectivity index (χ1n) is 7.74. The van der Waals surface area contributed by atoms with Crippen LogP contribution in [0.3, 0.4) is 0 Å². The molecule has 21 heavy (non-hydrogen) atoms. The molecule has 0 spiro atoms. The number of nitrogens with zero attached hydrogens (tertiary/aromatic N) is 1. The summed E-state index contributed by atoms with van der Waals surface area (Å²) in [6.45, 7) is 1.66. The zero-order valence-corrected chi connectivity index (χ0v) is 13.0. The SMILES string of the molecule is CN(C)CCCNC(=O)C1(c2ccc(F)cc2)CCCC1. The van der Waals surface area contributed by atoms with Crippen molar-refractivity contribution in [2.45, 2.75) is 37.5 Å². The van der Waals surface area contributed by atoms with Gasteiger partial charge >= 0.3 is 0 Å². The summed E-state index contributed by atoms with van der Waals surface area (Å²) < 4.78 is 13.1. The quantitative estimate of drug-likeness (QED) is 0.818. The average Bonchev–Trinajstić information content (AvgIpc) is 2.94. The van der Waals surface area contributed by atoms with E-state index >= 15 is 0 Å². The second-order valence-electron chi connectivity index (χ2n) is 6.21. The Labute approximate surface area is 126 Å². The lowest BCUT2D eigenvalue weighted by molar-refractivity contribution is -0.126. The fourth-order valence-corrected chi connectivity index (χ4v) is 3.16. The Bertz CT molecular complexity index is 464. The molecule has 1 aliphatic carbocycles. The van der Waals surface area contributed by atoms with E-state index in [1.807, 2.05) is 14.1 Å². The van der Waals surface area contributed by atoms with Crippen LogP contribution in [0.5, 0.6) is 0 Å². The molecule has 1 saturated carbocycles. The molecule has 0 atom stereocenters. The van der Waals surface area contributed by atoms with Crippen LogP contribution in [0.4, 0.5) is 4.39 Å². The summed E-state index contributed by atoms with van der Waals surface area (Å²) >= 11 is 0. The van der Waals surface area contributed by atoms with Crippen molar-refractivity contribution in [3.63, 3.8) is 0 Å². The fraction of sp³-hybridized carbons (Fsp3) is 0.588. The summed E-state index contributed by atoms with van der Waals surface area (Å²) in [5.41, 5.74) is 0.498. The first-order valence-corrected chi connectivity index (χ1v) is 7.74. The summed E-state index contributed by atoms with van der Waals surface area (Å²) in [6, 6.07) is 6.43. The predicted molar refractivity (Wildman–Crippen MR) is 82.7 cm³/mol. The van der Waals surface area contributed by atoms with Crippen molar-refractivity contribution >= 4 is 5.91 Å². The van der Waals surface area contributed by atoms with Gasteiger partial charge in [-0.25, -0.2) is 4.39 Å². The van der Waals surface area contributed by atoms with Crippen molar-refractivity contribution in [1.82, 2.24) is 10.2 Å². The molecule has 0 aromatic heterocycles. The average molecular weight is 292 g/mol. The van der Waals surface area contributed by atoms with E-state index in [0.29, 0.717) is 6.54 Å². The molecule has 116 valence electrons. The lowest BCUT2D eigenvalue weighted by Crippen LogP contribution is -2.43. The Morgan fingerprint density at radius 1 is 1.24 bits per heavy atom. The molecule has 1 amide bonds. The minimum Gasteiger partial charge on any atom is -0.355 e. The van der Waals surface area contributed by atoms with Gasteiger partial charge in [0.15, 0.2) is 0 Å². The number of nitrogens with one attached hydrogen (secondary N) is 1. The summed E-state index contributed by atoms with van der Waals surface area (Å²) in [5.74, 6) is -0.149. The van der Waals surface area contributed by atoms with Crippen molar-refractivity contribution in [1.29, 1.82) is 0 Å². The Morgan fingerprint density at radius 2 is 1.86 bits per heavy atom. The highest BCUT2D eigenvalue weighted by Gasteiger charge is 2.42. The number of rotatable bonds is 6. The van der Waals surface area contributed by atoms with E-state index in [1.54, 1.807) is 12.1 Å². The molecule has 2 rings (SSSR count). The first-order chi connectivity index (χ1) is 10.0. The van der Waals surface area contributed by atoms with E-state index in [1.165, 1.54) is 12.1 Å². The van der Waals surface area contributed by atoms with Gasteiger partial charge in [-0.15, -0.1) is 0 Å². The summed E-state index contributed by atoms with van der Waals surface area (Å²) in [6.07, 6.45) is 4.78. The molecule has 1 fully saturated rings. The van der Waals surface area contributed by atoms with Crippen LogP contribution in [0.15, 0.2) is 24.3 Å². The fourth-order valence-electron chi connectivity index (χ4n) is 3.16. The largest absolute Gasteiger partial charge is 0.355 e. The van der Waals surface area contributed by atoms with E-state index in [2.05, 4.69) is 10.2 Å². The van der Waals surface area contributed by atoms with E-state index in [9.17, 15) is 9.18 Å². The molecule has 0 bridgehead atoms. The van der Waals surface area contributed by atoms with Crippen molar-refractivity contribution < 1.29 is 9.18 Å². The maximum absolute atomic E-state index is 13.1. The van der Waals surface area contributed by atoms with Crippen LogP contribution >= 0.6 is 0 Å². The Balaban J connectivity index is 2.04. The molecule has 0 heterocycles. The van der Waals surface area contributed by atoms with Crippen LogP contribution in [0.25, 0.3) is 0 Å². The summed E-state index contributed by atoms with van der Waals surface area (Å²) in [4.78, 5) is 14.8. The monoisotopic (exact) mass is 292 g/mol. The maximum atomic E-state index is 13.1. The second-order valence-corrected chi connectivity index (χ2v) is 6.21. The van der Waals surface area contributed by atoms with Gasteiger partial charge in [-0.3, -0.25) is 4.79 Å². The van der Waals surface area contributed by atoms with E-state index in [-0.39, 0.29) is 11.7 Å². The molecule has 0 saturated heterocycles. The van der Waals surface area contributed by atoms with Crippen LogP contribution in [-0.4, -0.2) is 38.0 Å². The lowest BCUT2D eigenvalue weighted by atomic mass is 9.78. The highest BCUT2D eigenvalue weighted by molar-refractivity contribution is 5.88. The van der Waals surface area contributed by atoms with Gasteiger partial charge in [0, 0.05) is 6.54 Å². The molecule has 1 N–H and O–H groups in total. The third-order valence-electron chi connectivity index (χ3n) is 4.36. The van der Waals surface area contributed by atoms with Gasteiger partial charge in [0.25, 0.3) is 0 Å². The second kappa shape index (κ2) is 7.03. The Morgan fingerprint density at radius 3 is 2.43 bits per heavy atom. The molecule has 4 heteroatoms. The standard InChI is InChI=1S/C17H25FN2O/c1-20(2)13-5-12-19-16(21)17(10-3-4-11-17)14-6-8-15(18)9-7-14/h6-9H,3-5,10-13H2,1-2H3,(H,19,21). The van der Waals surface area contributed by atoms with Gasteiger partial charge in [-0.2, -0.15) is 0 Å². The molecule has 1 aromatic rings. The lowest BCUT2D eigenvalue weighted by Gasteiger charge is -2.28.